The first-order chi connectivity index (χ1) is 11.6. The molecule has 0 bridgehead atoms. The van der Waals surface area contributed by atoms with Crippen molar-refractivity contribution in [3.8, 4) is 0 Å². The third kappa shape index (κ3) is 3.43. The third-order valence-electron chi connectivity index (χ3n) is 4.22. The normalized spacial score (nSPS) is 15.3. The van der Waals surface area contributed by atoms with Crippen LogP contribution in [0.2, 0.25) is 5.02 Å². The molecular weight excluding hydrogens is 330 g/mol. The molecule has 0 saturated carbocycles. The fourth-order valence-corrected chi connectivity index (χ4v) is 3.03. The summed E-state index contributed by atoms with van der Waals surface area (Å²) in [6.45, 7) is 2.97. The highest BCUT2D eigenvalue weighted by molar-refractivity contribution is 6.33. The van der Waals surface area contributed by atoms with Gasteiger partial charge in [0.2, 0.25) is 0 Å². The first-order valence-corrected chi connectivity index (χ1v) is 8.18. The number of likely N-dealkylation sites (tertiary alicyclic amines) is 1. The van der Waals surface area contributed by atoms with Crippen LogP contribution in [0.25, 0.3) is 0 Å². The minimum atomic E-state index is -0.210. The molecule has 0 spiro atoms. The second-order valence-electron chi connectivity index (χ2n) is 5.79. The monoisotopic (exact) mass is 347 g/mol. The molecule has 0 aliphatic carbocycles. The number of carbonyl (C=O) groups excluding carboxylic acids is 2. The number of pyridine rings is 1. The summed E-state index contributed by atoms with van der Waals surface area (Å²) in [5, 5.41) is 3.31. The van der Waals surface area contributed by atoms with Crippen molar-refractivity contribution in [2.75, 3.05) is 13.1 Å². The molecule has 0 radical (unpaired) electrons. The average molecular weight is 348 g/mol. The van der Waals surface area contributed by atoms with Crippen LogP contribution in [0.3, 0.4) is 0 Å². The summed E-state index contributed by atoms with van der Waals surface area (Å²) in [6.07, 6.45) is 5.92. The highest BCUT2D eigenvalue weighted by atomic mass is 35.5. The van der Waals surface area contributed by atoms with E-state index in [-0.39, 0.29) is 17.9 Å². The topological polar surface area (TPSA) is 75.4 Å². The molecule has 0 unspecified atom stereocenters. The van der Waals surface area contributed by atoms with Crippen molar-refractivity contribution in [3.63, 3.8) is 0 Å². The van der Waals surface area contributed by atoms with E-state index in [0.29, 0.717) is 47.8 Å². The lowest BCUT2D eigenvalue weighted by molar-refractivity contribution is 0.0696. The van der Waals surface area contributed by atoms with Crippen molar-refractivity contribution in [2.24, 2.45) is 0 Å². The van der Waals surface area contributed by atoms with Crippen molar-refractivity contribution < 1.29 is 14.0 Å². The van der Waals surface area contributed by atoms with Crippen molar-refractivity contribution in [1.29, 1.82) is 0 Å². The zero-order valence-electron chi connectivity index (χ0n) is 13.3. The minimum absolute atomic E-state index is 0.0243. The molecule has 1 fully saturated rings. The Morgan fingerprint density at radius 1 is 1.29 bits per heavy atom. The SMILES string of the molecule is Cc1occc1C(=O)N1CCC(NC(=O)c2ccncc2Cl)CC1. The Kier molecular flexibility index (Phi) is 4.85. The highest BCUT2D eigenvalue weighted by Crippen LogP contribution is 2.18. The molecule has 2 aromatic rings. The van der Waals surface area contributed by atoms with Gasteiger partial charge in [-0.05, 0) is 31.9 Å². The summed E-state index contributed by atoms with van der Waals surface area (Å²) in [7, 11) is 0. The minimum Gasteiger partial charge on any atom is -0.469 e. The van der Waals surface area contributed by atoms with Crippen LogP contribution in [-0.2, 0) is 0 Å². The maximum absolute atomic E-state index is 12.4. The van der Waals surface area contributed by atoms with Crippen LogP contribution < -0.4 is 5.32 Å². The second-order valence-corrected chi connectivity index (χ2v) is 6.19. The lowest BCUT2D eigenvalue weighted by Crippen LogP contribution is -2.46. The predicted octanol–water partition coefficient (Wildman–Crippen LogP) is 2.67. The Morgan fingerprint density at radius 3 is 2.67 bits per heavy atom. The van der Waals surface area contributed by atoms with Gasteiger partial charge in [-0.3, -0.25) is 14.6 Å². The van der Waals surface area contributed by atoms with Gasteiger partial charge < -0.3 is 14.6 Å². The van der Waals surface area contributed by atoms with Crippen LogP contribution in [0.1, 0.15) is 39.3 Å². The maximum atomic E-state index is 12.4. The van der Waals surface area contributed by atoms with Crippen molar-refractivity contribution in [2.45, 2.75) is 25.8 Å². The fraction of sp³-hybridized carbons (Fsp3) is 0.353. The quantitative estimate of drug-likeness (QED) is 0.926. The number of nitrogens with one attached hydrogen (secondary N) is 1. The Morgan fingerprint density at radius 2 is 2.04 bits per heavy atom. The highest BCUT2D eigenvalue weighted by Gasteiger charge is 2.26. The van der Waals surface area contributed by atoms with Gasteiger partial charge in [-0.25, -0.2) is 0 Å². The summed E-state index contributed by atoms with van der Waals surface area (Å²) in [6, 6.07) is 3.31. The van der Waals surface area contributed by atoms with E-state index in [9.17, 15) is 9.59 Å². The van der Waals surface area contributed by atoms with Gasteiger partial charge in [0.05, 0.1) is 22.4 Å². The van der Waals surface area contributed by atoms with E-state index in [2.05, 4.69) is 10.3 Å². The molecule has 1 aliphatic rings. The second kappa shape index (κ2) is 7.05. The van der Waals surface area contributed by atoms with E-state index in [1.54, 1.807) is 24.0 Å². The molecule has 126 valence electrons. The van der Waals surface area contributed by atoms with E-state index in [4.69, 9.17) is 16.0 Å². The smallest absolute Gasteiger partial charge is 0.257 e. The number of halogens is 1. The first-order valence-electron chi connectivity index (χ1n) is 7.80. The molecule has 7 heteroatoms. The van der Waals surface area contributed by atoms with Gasteiger partial charge in [-0.2, -0.15) is 0 Å². The van der Waals surface area contributed by atoms with E-state index in [0.717, 1.165) is 0 Å². The molecule has 1 saturated heterocycles. The molecule has 2 aromatic heterocycles. The van der Waals surface area contributed by atoms with Crippen LogP contribution in [0.5, 0.6) is 0 Å². The van der Waals surface area contributed by atoms with Crippen LogP contribution in [0.4, 0.5) is 0 Å². The Bertz CT molecular complexity index is 751. The van der Waals surface area contributed by atoms with Crippen LogP contribution in [0, 0.1) is 6.92 Å². The zero-order valence-corrected chi connectivity index (χ0v) is 14.0. The van der Waals surface area contributed by atoms with Gasteiger partial charge in [0.15, 0.2) is 0 Å². The van der Waals surface area contributed by atoms with Gasteiger partial charge in [0.1, 0.15) is 5.76 Å². The summed E-state index contributed by atoms with van der Waals surface area (Å²) < 4.78 is 5.19. The number of furan rings is 1. The molecule has 24 heavy (non-hydrogen) atoms. The van der Waals surface area contributed by atoms with Crippen LogP contribution in [0.15, 0.2) is 35.2 Å². The van der Waals surface area contributed by atoms with Gasteiger partial charge in [-0.15, -0.1) is 0 Å². The standard InChI is InChI=1S/C17H18ClN3O3/c1-11-13(5-9-24-11)17(23)21-7-3-12(4-8-21)20-16(22)14-2-6-19-10-15(14)18/h2,5-6,9-10,12H,3-4,7-8H2,1H3,(H,20,22). The number of aromatic nitrogens is 1. The van der Waals surface area contributed by atoms with Gasteiger partial charge >= 0.3 is 0 Å². The van der Waals surface area contributed by atoms with E-state index in [1.165, 1.54) is 18.7 Å². The molecule has 1 aliphatic heterocycles. The number of aryl methyl sites for hydroxylation is 1. The summed E-state index contributed by atoms with van der Waals surface area (Å²) in [4.78, 5) is 30.4. The van der Waals surface area contributed by atoms with Crippen molar-refractivity contribution >= 4 is 23.4 Å². The number of hydrogen-bond donors (Lipinski definition) is 1. The van der Waals surface area contributed by atoms with Crippen LogP contribution in [-0.4, -0.2) is 40.8 Å². The molecule has 3 heterocycles. The number of rotatable bonds is 3. The molecule has 6 nitrogen and oxygen atoms in total. The van der Waals surface area contributed by atoms with E-state index in [1.807, 2.05) is 0 Å². The van der Waals surface area contributed by atoms with Gasteiger partial charge in [-0.1, -0.05) is 11.6 Å². The molecule has 2 amide bonds. The molecular formula is C17H18ClN3O3. The Labute approximate surface area is 144 Å². The predicted molar refractivity (Wildman–Crippen MR) is 89.1 cm³/mol. The number of amides is 2. The molecule has 0 atom stereocenters. The average Bonchev–Trinajstić information content (AvgIpc) is 3.01. The van der Waals surface area contributed by atoms with Crippen molar-refractivity contribution in [3.05, 3.63) is 52.7 Å². The number of carbonyl (C=O) groups is 2. The number of nitrogens with zero attached hydrogens (tertiary/aromatic N) is 2. The largest absolute Gasteiger partial charge is 0.469 e. The fourth-order valence-electron chi connectivity index (χ4n) is 2.83. The lowest BCUT2D eigenvalue weighted by Gasteiger charge is -2.32. The van der Waals surface area contributed by atoms with Gasteiger partial charge in [0, 0.05) is 31.5 Å². The Balaban J connectivity index is 1.56. The third-order valence-corrected chi connectivity index (χ3v) is 4.52. The molecule has 0 aromatic carbocycles. The van der Waals surface area contributed by atoms with E-state index < -0.39 is 0 Å². The summed E-state index contributed by atoms with van der Waals surface area (Å²) in [5.74, 6) is 0.392. The van der Waals surface area contributed by atoms with Crippen LogP contribution >= 0.6 is 11.6 Å². The van der Waals surface area contributed by atoms with Crippen molar-refractivity contribution in [1.82, 2.24) is 15.2 Å². The molecule has 3 rings (SSSR count). The zero-order chi connectivity index (χ0) is 17.1. The first kappa shape index (κ1) is 16.5. The van der Waals surface area contributed by atoms with E-state index >= 15 is 0 Å². The summed E-state index contributed by atoms with van der Waals surface area (Å²) >= 11 is 5.99. The number of piperidine rings is 1. The lowest BCUT2D eigenvalue weighted by atomic mass is 10.0. The summed E-state index contributed by atoms with van der Waals surface area (Å²) in [5.41, 5.74) is 1.01. The number of hydrogen-bond acceptors (Lipinski definition) is 4. The maximum Gasteiger partial charge on any atom is 0.257 e. The molecule has 1 N–H and O–H groups in total. The Hall–Kier alpha value is -2.34. The van der Waals surface area contributed by atoms with Gasteiger partial charge in [0.25, 0.3) is 11.8 Å².